The van der Waals surface area contributed by atoms with Crippen molar-refractivity contribution in [1.82, 2.24) is 34.2 Å². The lowest BCUT2D eigenvalue weighted by Gasteiger charge is -2.34. The van der Waals surface area contributed by atoms with E-state index in [0.717, 1.165) is 71.5 Å². The maximum Gasteiger partial charge on any atom is 0.374 e. The van der Waals surface area contributed by atoms with E-state index >= 15 is 0 Å². The van der Waals surface area contributed by atoms with Crippen molar-refractivity contribution in [2.75, 3.05) is 84.6 Å². The molecule has 12 nitrogen and oxygen atoms in total. The first-order chi connectivity index (χ1) is 21.7. The fraction of sp³-hybridized carbons (Fsp3) is 0.500. The lowest BCUT2D eigenvalue weighted by atomic mass is 10.2. The number of anilines is 1. The quantitative estimate of drug-likeness (QED) is 0.314. The minimum Gasteiger partial charge on any atom is -0.460 e. The number of piperazine rings is 2. The number of benzene rings is 2. The van der Waals surface area contributed by atoms with Crippen molar-refractivity contribution < 1.29 is 19.1 Å². The number of aromatic nitrogens is 4. The predicted molar refractivity (Wildman–Crippen MR) is 181 cm³/mol. The molecule has 4 heterocycles. The zero-order valence-corrected chi connectivity index (χ0v) is 28.8. The number of aryl methyl sites for hydroxylation is 2. The molecule has 2 aromatic carbocycles. The van der Waals surface area contributed by atoms with E-state index in [4.69, 9.17) is 9.47 Å². The first-order valence-corrected chi connectivity index (χ1v) is 16.2. The lowest BCUT2D eigenvalue weighted by molar-refractivity contribution is 0.0499. The Morgan fingerprint density at radius 3 is 1.71 bits per heavy atom. The summed E-state index contributed by atoms with van der Waals surface area (Å²) in [5.41, 5.74) is 4.64. The van der Waals surface area contributed by atoms with Crippen LogP contribution in [0.5, 0.6) is 0 Å². The monoisotopic (exact) mass is 684 g/mol. The van der Waals surface area contributed by atoms with Crippen molar-refractivity contribution in [1.29, 1.82) is 0 Å². The minimum absolute atomic E-state index is 0.323. The minimum atomic E-state index is -0.395. The largest absolute Gasteiger partial charge is 0.460 e. The van der Waals surface area contributed by atoms with Crippen LogP contribution in [-0.2, 0) is 23.6 Å². The summed E-state index contributed by atoms with van der Waals surface area (Å²) >= 11 is 3.44. The summed E-state index contributed by atoms with van der Waals surface area (Å²) in [5.74, 6) is -0.0826. The molecule has 0 bridgehead atoms. The molecule has 0 unspecified atom stereocenters. The normalized spacial score (nSPS) is 15.7. The van der Waals surface area contributed by atoms with E-state index in [1.165, 1.54) is 13.1 Å². The maximum absolute atomic E-state index is 12.0. The van der Waals surface area contributed by atoms with Gasteiger partial charge in [0.25, 0.3) is 0 Å². The second kappa shape index (κ2) is 16.2. The fourth-order valence-electron chi connectivity index (χ4n) is 5.31. The highest BCUT2D eigenvalue weighted by atomic mass is 79.9. The van der Waals surface area contributed by atoms with E-state index in [9.17, 15) is 9.59 Å². The third-order valence-corrected chi connectivity index (χ3v) is 8.46. The lowest BCUT2D eigenvalue weighted by Crippen LogP contribution is -2.44. The molecule has 0 atom stereocenters. The zero-order valence-electron chi connectivity index (χ0n) is 27.2. The zero-order chi connectivity index (χ0) is 32.5. The highest BCUT2D eigenvalue weighted by Crippen LogP contribution is 2.28. The molecular weight excluding hydrogens is 640 g/mol. The van der Waals surface area contributed by atoms with E-state index < -0.39 is 5.97 Å². The van der Waals surface area contributed by atoms with Gasteiger partial charge in [0.1, 0.15) is 0 Å². The molecule has 2 aliphatic rings. The van der Waals surface area contributed by atoms with Gasteiger partial charge in [0.15, 0.2) is 0 Å². The molecule has 13 heteroatoms. The van der Waals surface area contributed by atoms with Gasteiger partial charge >= 0.3 is 11.9 Å². The molecule has 1 N–H and O–H groups in total. The van der Waals surface area contributed by atoms with Crippen LogP contribution in [0.2, 0.25) is 0 Å². The smallest absolute Gasteiger partial charge is 0.374 e. The second-order valence-electron chi connectivity index (χ2n) is 11.0. The summed E-state index contributed by atoms with van der Waals surface area (Å²) in [6, 6.07) is 11.7. The standard InChI is InChI=1S/C16H22N4O2.C11H11BrN2O2.C5H12N2/c1-4-22-16(21)15-17-12-6-5-7-13(14(12)19(15)3)20-10-8-18(2)9-11-20;1-3-16-11(15)10-13-8-6-4-5-7(12)9(8)14(10)2;1-7-4-2-6-3-5-7/h5-7H,4,8-11H2,1-3H3;4-6H,3H2,1-2H3;6H,2-5H2,1H3. The summed E-state index contributed by atoms with van der Waals surface area (Å²) < 4.78 is 14.5. The van der Waals surface area contributed by atoms with Crippen LogP contribution in [0.15, 0.2) is 40.9 Å². The van der Waals surface area contributed by atoms with Crippen LogP contribution in [-0.4, -0.2) is 121 Å². The van der Waals surface area contributed by atoms with Crippen molar-refractivity contribution >= 4 is 55.6 Å². The van der Waals surface area contributed by atoms with Crippen molar-refractivity contribution in [3.05, 3.63) is 52.5 Å². The van der Waals surface area contributed by atoms with Gasteiger partial charge in [-0.1, -0.05) is 12.1 Å². The Morgan fingerprint density at radius 1 is 0.733 bits per heavy atom. The Morgan fingerprint density at radius 2 is 1.22 bits per heavy atom. The molecule has 2 aliphatic heterocycles. The van der Waals surface area contributed by atoms with Crippen LogP contribution in [0.25, 0.3) is 22.1 Å². The van der Waals surface area contributed by atoms with Gasteiger partial charge in [-0.25, -0.2) is 19.6 Å². The number of hydrogen-bond donors (Lipinski definition) is 1. The number of halogens is 1. The summed E-state index contributed by atoms with van der Waals surface area (Å²) in [6.45, 7) is 13.1. The average Bonchev–Trinajstić information content (AvgIpc) is 3.56. The van der Waals surface area contributed by atoms with E-state index in [1.807, 2.05) is 41.9 Å². The van der Waals surface area contributed by atoms with Crippen molar-refractivity contribution in [2.45, 2.75) is 13.8 Å². The predicted octanol–water partition coefficient (Wildman–Crippen LogP) is 3.54. The first-order valence-electron chi connectivity index (χ1n) is 15.4. The highest BCUT2D eigenvalue weighted by Gasteiger charge is 2.22. The van der Waals surface area contributed by atoms with Gasteiger partial charge in [-0.3, -0.25) is 0 Å². The Labute approximate surface area is 273 Å². The van der Waals surface area contributed by atoms with E-state index in [-0.39, 0.29) is 5.97 Å². The molecule has 0 amide bonds. The van der Waals surface area contributed by atoms with Gasteiger partial charge < -0.3 is 38.6 Å². The third-order valence-electron chi connectivity index (χ3n) is 7.82. The molecule has 2 fully saturated rings. The number of carbonyl (C=O) groups excluding carboxylic acids is 2. The number of fused-ring (bicyclic) bond motifs is 2. The molecule has 2 saturated heterocycles. The van der Waals surface area contributed by atoms with Gasteiger partial charge in [-0.05, 0) is 68.1 Å². The van der Waals surface area contributed by atoms with Gasteiger partial charge in [-0.2, -0.15) is 0 Å². The van der Waals surface area contributed by atoms with Crippen LogP contribution in [0.3, 0.4) is 0 Å². The molecule has 0 saturated carbocycles. The second-order valence-corrected chi connectivity index (χ2v) is 11.9. The summed E-state index contributed by atoms with van der Waals surface area (Å²) in [7, 11) is 7.97. The molecule has 244 valence electrons. The van der Waals surface area contributed by atoms with Crippen molar-refractivity contribution in [3.63, 3.8) is 0 Å². The van der Waals surface area contributed by atoms with Gasteiger partial charge in [0, 0.05) is 70.9 Å². The Hall–Kier alpha value is -3.52. The molecule has 45 heavy (non-hydrogen) atoms. The van der Waals surface area contributed by atoms with Crippen LogP contribution in [0, 0.1) is 0 Å². The number of esters is 2. The molecule has 6 rings (SSSR count). The Kier molecular flexibility index (Phi) is 12.3. The topological polar surface area (TPSA) is 110 Å². The molecular formula is C32H45BrN8O4. The summed E-state index contributed by atoms with van der Waals surface area (Å²) in [6.07, 6.45) is 0. The SMILES string of the molecule is CCOC(=O)c1nc2cccc(Br)c2n1C.CCOC(=O)c1nc2cccc(N3CCN(C)CC3)c2n1C.CN1CCNCC1. The Bertz CT molecular complexity index is 1590. The number of hydrogen-bond acceptors (Lipinski definition) is 10. The highest BCUT2D eigenvalue weighted by molar-refractivity contribution is 9.10. The number of imidazole rings is 2. The van der Waals surface area contributed by atoms with Crippen LogP contribution in [0.4, 0.5) is 5.69 Å². The maximum atomic E-state index is 12.0. The number of nitrogens with one attached hydrogen (secondary N) is 1. The van der Waals surface area contributed by atoms with Gasteiger partial charge in [0.05, 0.1) is 41.0 Å². The van der Waals surface area contributed by atoms with Gasteiger partial charge in [0.2, 0.25) is 11.6 Å². The van der Waals surface area contributed by atoms with Gasteiger partial charge in [-0.15, -0.1) is 0 Å². The molecule has 0 spiro atoms. The average molecular weight is 686 g/mol. The number of rotatable bonds is 5. The number of likely N-dealkylation sites (N-methyl/N-ethyl adjacent to an activating group) is 2. The number of nitrogens with zero attached hydrogens (tertiary/aromatic N) is 7. The first kappa shape index (κ1) is 34.4. The molecule has 0 aliphatic carbocycles. The van der Waals surface area contributed by atoms with Crippen LogP contribution >= 0.6 is 15.9 Å². The number of para-hydroxylation sites is 2. The van der Waals surface area contributed by atoms with E-state index in [0.29, 0.717) is 24.9 Å². The van der Waals surface area contributed by atoms with Crippen molar-refractivity contribution in [2.24, 2.45) is 14.1 Å². The van der Waals surface area contributed by atoms with Crippen LogP contribution < -0.4 is 10.2 Å². The summed E-state index contributed by atoms with van der Waals surface area (Å²) in [5, 5.41) is 3.27. The molecule has 2 aromatic heterocycles. The number of ether oxygens (including phenoxy) is 2. The Balaban J connectivity index is 0.000000174. The third kappa shape index (κ3) is 8.40. The van der Waals surface area contributed by atoms with E-state index in [2.05, 4.69) is 66.1 Å². The van der Waals surface area contributed by atoms with Crippen LogP contribution in [0.1, 0.15) is 35.1 Å². The van der Waals surface area contributed by atoms with Crippen molar-refractivity contribution in [3.8, 4) is 0 Å². The van der Waals surface area contributed by atoms with E-state index in [1.54, 1.807) is 25.5 Å². The fourth-order valence-corrected chi connectivity index (χ4v) is 5.93. The summed E-state index contributed by atoms with van der Waals surface area (Å²) in [4.78, 5) is 39.4. The molecule has 4 aromatic rings. The molecule has 0 radical (unpaired) electrons. The number of carbonyl (C=O) groups is 2.